The molecule has 0 spiro atoms. The molecule has 8 aromatic carbocycles. The molecule has 87 heavy (non-hydrogen) atoms. The molecular weight excluding hydrogens is 1460 g/mol. The van der Waals surface area contributed by atoms with Crippen LogP contribution in [0.15, 0.2) is 219 Å². The summed E-state index contributed by atoms with van der Waals surface area (Å²) in [4.78, 5) is 11.1. The summed E-state index contributed by atoms with van der Waals surface area (Å²) in [5.41, 5.74) is 0. The van der Waals surface area contributed by atoms with E-state index in [0.29, 0.717) is 46.0 Å². The number of rotatable bonds is 14. The van der Waals surface area contributed by atoms with Gasteiger partial charge in [-0.05, 0) is 214 Å². The van der Waals surface area contributed by atoms with Crippen molar-refractivity contribution in [3.63, 3.8) is 0 Å². The van der Waals surface area contributed by atoms with E-state index in [1.807, 2.05) is 0 Å². The third-order valence-corrected chi connectivity index (χ3v) is 13.7. The summed E-state index contributed by atoms with van der Waals surface area (Å²) in [6, 6.07) is 46.4. The molecule has 440 valence electrons. The number of aromatic hydroxyl groups is 2. The van der Waals surface area contributed by atoms with E-state index in [9.17, 15) is 56.3 Å². The Kier molecular flexibility index (Phi) is 48.3. The molecule has 2 N–H and O–H groups in total. The number of hydrogen-bond acceptors (Lipinski definition) is 21. The van der Waals surface area contributed by atoms with Crippen LogP contribution in [0.5, 0.6) is 57.5 Å². The van der Waals surface area contributed by atoms with Crippen LogP contribution in [0.3, 0.4) is 0 Å². The van der Waals surface area contributed by atoms with Gasteiger partial charge in [-0.25, -0.2) is 29.6 Å². The van der Waals surface area contributed by atoms with Gasteiger partial charge >= 0.3 is 197 Å². The van der Waals surface area contributed by atoms with E-state index in [1.54, 1.807) is 78.9 Å². The molecule has 0 aliphatic heterocycles. The molecule has 0 heterocycles. The fourth-order valence-corrected chi connectivity index (χ4v) is 8.14. The average molecular weight is 1500 g/mol. The molecule has 0 fully saturated rings. The van der Waals surface area contributed by atoms with Crippen molar-refractivity contribution in [1.82, 2.24) is 0 Å². The minimum Gasteiger partial charge on any atom is -1.00 e. The molecule has 0 saturated heterocycles. The molecule has 0 amide bonds. The van der Waals surface area contributed by atoms with Crippen molar-refractivity contribution in [2.75, 3.05) is 0 Å². The van der Waals surface area contributed by atoms with E-state index >= 15 is 0 Å². The van der Waals surface area contributed by atoms with E-state index in [-0.39, 0.29) is 230 Å². The van der Waals surface area contributed by atoms with Crippen molar-refractivity contribution in [3.8, 4) is 57.5 Å². The number of ether oxygens (including phenoxy) is 4. The number of carbonyl (C=O) groups is 1. The van der Waals surface area contributed by atoms with Gasteiger partial charge in [0.2, 0.25) is 0 Å². The summed E-state index contributed by atoms with van der Waals surface area (Å²) >= 11 is 9.29. The van der Waals surface area contributed by atoms with Crippen LogP contribution in [-0.2, 0) is 64.6 Å². The molecule has 2 unspecified atom stereocenters. The van der Waals surface area contributed by atoms with Gasteiger partial charge in [-0.2, -0.15) is 0 Å². The quantitative estimate of drug-likeness (QED) is 0.0161. The Morgan fingerprint density at radius 2 is 0.713 bits per heavy atom. The number of phenols is 2. The number of halogens is 6. The van der Waals surface area contributed by atoms with Crippen LogP contribution >= 0.6 is 60.3 Å². The number of benzene rings is 8. The van der Waals surface area contributed by atoms with Crippen molar-refractivity contribution in [3.05, 3.63) is 200 Å². The van der Waals surface area contributed by atoms with Crippen LogP contribution < -0.4 is 216 Å². The summed E-state index contributed by atoms with van der Waals surface area (Å²) in [7, 11) is -1.47. The molecule has 0 aromatic heterocycles. The Bertz CT molecular complexity index is 3630. The first-order chi connectivity index (χ1) is 38.3. The molecule has 0 saturated carbocycles. The van der Waals surface area contributed by atoms with Crippen LogP contribution in [-0.4, -0.2) is 64.0 Å². The molecule has 0 aliphatic carbocycles. The standard InChI is InChI=1S/C18H12Cl2O6S2.C18H14O6S2.C6H5FO3S.C6H6O2.CH2O3.Cl3OP.2K.3Na.H/c19-27(21,22)17-8-4-13(5-9-17)25-15-2-1-3-16(12-15)26-14-6-10-18(11-7-14)28(20,23)24;19-25(20)17-8-4-13(5-9-17)23-15-2-1-3-16(12-15)24-14-6-10-18(11-7-14)26(21)22;7-5-1-3-6(4-2-5)11(8,9)10;7-5-2-1-3-6(8)4-5;2-1-4-3;1-5(2,3)4;;;;;;/h1-12H;1-12H,(H,19,20)(H,21,22);1-4H,(H,8,9,10);1-4,7-8H;1,3H;;;;;;;/q;;;;;;5*+1;-1/p-4. The summed E-state index contributed by atoms with van der Waals surface area (Å²) < 4.78 is 164. The van der Waals surface area contributed by atoms with Crippen molar-refractivity contribution in [2.45, 2.75) is 24.5 Å². The van der Waals surface area contributed by atoms with Crippen molar-refractivity contribution >= 4 is 117 Å². The monoisotopic (exact) mass is 1490 g/mol. The largest absolute Gasteiger partial charge is 1.00 e. The molecule has 0 aliphatic rings. The molecule has 8 aromatic rings. The predicted molar refractivity (Wildman–Crippen MR) is 297 cm³/mol. The minimum atomic E-state index is -4.44. The zero-order valence-electron chi connectivity index (χ0n) is 46.5. The van der Waals surface area contributed by atoms with Crippen LogP contribution in [0.4, 0.5) is 4.39 Å². The Labute approximate surface area is 680 Å². The van der Waals surface area contributed by atoms with Crippen LogP contribution in [0.25, 0.3) is 0 Å². The zero-order chi connectivity index (χ0) is 61.3. The second kappa shape index (κ2) is 46.1. The van der Waals surface area contributed by atoms with Gasteiger partial charge in [-0.15, -0.1) is 0 Å². The summed E-state index contributed by atoms with van der Waals surface area (Å²) in [6.07, 6.45) is 0. The van der Waals surface area contributed by atoms with E-state index in [4.69, 9.17) is 60.6 Å². The number of hydrogen-bond donors (Lipinski definition) is 2. The summed E-state index contributed by atoms with van der Waals surface area (Å²) in [5, 5.41) is 22.5. The Morgan fingerprint density at radius 1 is 0.471 bits per heavy atom. The first kappa shape index (κ1) is 91.1. The maximum atomic E-state index is 12.2. The third-order valence-electron chi connectivity index (χ3n) is 8.77. The molecule has 0 bridgehead atoms. The zero-order valence-corrected chi connectivity index (χ0v) is 66.5. The second-order valence-electron chi connectivity index (χ2n) is 14.6. The first-order valence-electron chi connectivity index (χ1n) is 21.3. The number of phenolic OH excluding ortho intramolecular Hbond substituents is 2. The third kappa shape index (κ3) is 40.0. The van der Waals surface area contributed by atoms with Crippen molar-refractivity contribution < 1.29 is 293 Å². The van der Waals surface area contributed by atoms with Gasteiger partial charge in [0.05, 0.1) is 14.7 Å². The Morgan fingerprint density at radius 3 is 0.920 bits per heavy atom. The van der Waals surface area contributed by atoms with Gasteiger partial charge in [-0.1, -0.05) is 18.2 Å². The summed E-state index contributed by atoms with van der Waals surface area (Å²) in [5.74, 6) is 3.34. The summed E-state index contributed by atoms with van der Waals surface area (Å²) in [6.45, 7) is -0.181. The molecule has 2 atom stereocenters. The van der Waals surface area contributed by atoms with Gasteiger partial charge in [-0.3, -0.25) is 17.8 Å². The van der Waals surface area contributed by atoms with Gasteiger partial charge in [0.15, 0.2) is 0 Å². The normalized spacial score (nSPS) is 10.9. The predicted octanol–water partition coefficient (Wildman–Crippen LogP) is -2.92. The Balaban J connectivity index is -0.000000537. The van der Waals surface area contributed by atoms with Gasteiger partial charge in [0.25, 0.3) is 24.6 Å². The van der Waals surface area contributed by atoms with Gasteiger partial charge in [0, 0.05) is 49.4 Å². The number of carbonyl (C=O) groups excluding carboxylic acids is 1. The second-order valence-corrected chi connectivity index (χ2v) is 29.6. The Hall–Kier alpha value is -0.0973. The van der Waals surface area contributed by atoms with Crippen molar-refractivity contribution in [1.29, 1.82) is 0 Å². The van der Waals surface area contributed by atoms with Crippen molar-refractivity contribution in [2.24, 2.45) is 0 Å². The van der Waals surface area contributed by atoms with E-state index in [2.05, 4.69) is 38.6 Å². The van der Waals surface area contributed by atoms with Crippen LogP contribution in [0.1, 0.15) is 1.43 Å². The van der Waals surface area contributed by atoms with Crippen LogP contribution in [0.2, 0.25) is 0 Å². The smallest absolute Gasteiger partial charge is 1.00 e. The fraction of sp³-hybridized carbons (Fsp3) is 0. The fourth-order valence-electron chi connectivity index (χ4n) is 5.42. The molecule has 8 rings (SSSR count). The SMILES string of the molecule is O=CO[O-].O=P(Cl)(Cl)Cl.O=S(=O)(Cl)c1ccc(Oc2cccc(Oc3ccc(S(=O)(=O)Cl)cc3)c2)cc1.O=S(=O)([O-])c1ccc(F)cc1.O=S([O-])c1ccc(Oc2cccc(Oc3ccc(S(=O)[O-])cc3)c2)cc1.Oc1cccc(O)c1.[H-].[K+].[K+].[Na+].[Na+].[Na+]. The van der Waals surface area contributed by atoms with Gasteiger partial charge < -0.3 is 54.4 Å². The maximum Gasteiger partial charge on any atom is 1.00 e. The van der Waals surface area contributed by atoms with E-state index in [0.717, 1.165) is 24.3 Å². The first-order valence-corrected chi connectivity index (χ1v) is 33.9. The van der Waals surface area contributed by atoms with E-state index < -0.39 is 66.3 Å². The van der Waals surface area contributed by atoms with E-state index in [1.165, 1.54) is 91.0 Å². The minimum absolute atomic E-state index is 0. The van der Waals surface area contributed by atoms with Gasteiger partial charge in [0.1, 0.15) is 73.4 Å². The molecule has 0 radical (unpaired) electrons. The molecular formula is C49H36Cl5FK2Na3O21PS5. The van der Waals surface area contributed by atoms with Crippen LogP contribution in [0, 0.1) is 5.82 Å². The maximum absolute atomic E-state index is 12.2. The molecule has 21 nitrogen and oxygen atoms in total. The molecule has 38 heteroatoms. The average Bonchev–Trinajstić information content (AvgIpc) is 3.45. The topological polar surface area (TPSA) is 350 Å².